The molecule has 1 unspecified atom stereocenters. The quantitative estimate of drug-likeness (QED) is 0.607. The third-order valence-electron chi connectivity index (χ3n) is 3.47. The summed E-state index contributed by atoms with van der Waals surface area (Å²) in [6, 6.07) is 4.90. The molecule has 0 radical (unpaired) electrons. The Morgan fingerprint density at radius 2 is 2.11 bits per heavy atom. The maximum Gasteiger partial charge on any atom is 0.292 e. The average Bonchev–Trinajstić information content (AvgIpc) is 2.32. The van der Waals surface area contributed by atoms with E-state index in [0.29, 0.717) is 18.8 Å². The van der Waals surface area contributed by atoms with Crippen molar-refractivity contribution in [1.29, 1.82) is 0 Å². The zero-order valence-electron chi connectivity index (χ0n) is 10.9. The molecule has 0 saturated carbocycles. The topological polar surface area (TPSA) is 80.5 Å². The van der Waals surface area contributed by atoms with Gasteiger partial charge in [0.2, 0.25) is 0 Å². The van der Waals surface area contributed by atoms with E-state index < -0.39 is 20.0 Å². The Morgan fingerprint density at radius 1 is 1.42 bits per heavy atom. The standard InChI is InChI=1S/C12H16N2O4S/c1-9-4-3-5-11(14(15)16)12(9)13-6-7-19(17,18)10(2)8-13/h3-5,10H,6-8H2,1-2H3. The van der Waals surface area contributed by atoms with Crippen molar-refractivity contribution in [2.45, 2.75) is 19.1 Å². The predicted octanol–water partition coefficient (Wildman–Crippen LogP) is 1.53. The third kappa shape index (κ3) is 2.56. The number of hydrogen-bond donors (Lipinski definition) is 0. The van der Waals surface area contributed by atoms with Crippen LogP contribution in [-0.2, 0) is 9.84 Å². The van der Waals surface area contributed by atoms with E-state index in [9.17, 15) is 18.5 Å². The van der Waals surface area contributed by atoms with Crippen LogP contribution in [-0.4, -0.2) is 37.4 Å². The van der Waals surface area contributed by atoms with Crippen molar-refractivity contribution in [2.24, 2.45) is 0 Å². The van der Waals surface area contributed by atoms with Crippen molar-refractivity contribution < 1.29 is 13.3 Å². The lowest BCUT2D eigenvalue weighted by atomic mass is 10.1. The van der Waals surface area contributed by atoms with Gasteiger partial charge in [-0.05, 0) is 19.4 Å². The van der Waals surface area contributed by atoms with Gasteiger partial charge < -0.3 is 4.90 Å². The highest BCUT2D eigenvalue weighted by Crippen LogP contribution is 2.33. The highest BCUT2D eigenvalue weighted by molar-refractivity contribution is 7.92. The van der Waals surface area contributed by atoms with Crippen molar-refractivity contribution in [3.63, 3.8) is 0 Å². The van der Waals surface area contributed by atoms with Gasteiger partial charge in [0.1, 0.15) is 5.69 Å². The zero-order chi connectivity index (χ0) is 14.2. The predicted molar refractivity (Wildman–Crippen MR) is 73.3 cm³/mol. The molecule has 1 atom stereocenters. The Hall–Kier alpha value is -1.63. The Morgan fingerprint density at radius 3 is 2.68 bits per heavy atom. The number of para-hydroxylation sites is 1. The number of aryl methyl sites for hydroxylation is 1. The molecule has 1 aromatic rings. The van der Waals surface area contributed by atoms with Crippen molar-refractivity contribution in [1.82, 2.24) is 0 Å². The van der Waals surface area contributed by atoms with Crippen LogP contribution < -0.4 is 4.90 Å². The molecule has 1 heterocycles. The van der Waals surface area contributed by atoms with Gasteiger partial charge in [-0.2, -0.15) is 0 Å². The Balaban J connectivity index is 2.41. The summed E-state index contributed by atoms with van der Waals surface area (Å²) in [5, 5.41) is 10.6. The van der Waals surface area contributed by atoms with E-state index in [4.69, 9.17) is 0 Å². The molecule has 7 heteroatoms. The molecule has 0 N–H and O–H groups in total. The summed E-state index contributed by atoms with van der Waals surface area (Å²) in [5.41, 5.74) is 1.36. The maximum absolute atomic E-state index is 11.7. The van der Waals surface area contributed by atoms with E-state index in [-0.39, 0.29) is 11.4 Å². The minimum absolute atomic E-state index is 0.0338. The van der Waals surface area contributed by atoms with Crippen LogP contribution in [0.2, 0.25) is 0 Å². The fourth-order valence-corrected chi connectivity index (χ4v) is 3.64. The summed E-state index contributed by atoms with van der Waals surface area (Å²) in [7, 11) is -3.06. The molecule has 2 rings (SSSR count). The summed E-state index contributed by atoms with van der Waals surface area (Å²) in [5.74, 6) is 0.0413. The van der Waals surface area contributed by atoms with E-state index in [1.54, 1.807) is 30.9 Å². The third-order valence-corrected chi connectivity index (χ3v) is 5.59. The molecular weight excluding hydrogens is 268 g/mol. The molecule has 6 nitrogen and oxygen atoms in total. The molecule has 0 aliphatic carbocycles. The zero-order valence-corrected chi connectivity index (χ0v) is 11.7. The number of anilines is 1. The first-order valence-electron chi connectivity index (χ1n) is 6.03. The Kier molecular flexibility index (Phi) is 3.49. The second-order valence-corrected chi connectivity index (χ2v) is 7.36. The highest BCUT2D eigenvalue weighted by Gasteiger charge is 2.32. The van der Waals surface area contributed by atoms with Gasteiger partial charge in [0.15, 0.2) is 9.84 Å². The summed E-state index contributed by atoms with van der Waals surface area (Å²) in [6.45, 7) is 4.05. The number of sulfone groups is 1. The van der Waals surface area contributed by atoms with Gasteiger partial charge in [0, 0.05) is 19.2 Å². The molecule has 0 bridgehead atoms. The van der Waals surface area contributed by atoms with E-state index >= 15 is 0 Å². The Labute approximate surface area is 112 Å². The van der Waals surface area contributed by atoms with E-state index in [0.717, 1.165) is 5.56 Å². The second kappa shape index (κ2) is 4.80. The molecule has 0 amide bonds. The first kappa shape index (κ1) is 13.8. The van der Waals surface area contributed by atoms with Crippen LogP contribution in [0.15, 0.2) is 18.2 Å². The van der Waals surface area contributed by atoms with Crippen LogP contribution in [0.25, 0.3) is 0 Å². The smallest absolute Gasteiger partial charge is 0.292 e. The molecule has 0 aromatic heterocycles. The van der Waals surface area contributed by atoms with Gasteiger partial charge in [0.05, 0.1) is 15.9 Å². The lowest BCUT2D eigenvalue weighted by Gasteiger charge is -2.33. The van der Waals surface area contributed by atoms with Gasteiger partial charge in [-0.3, -0.25) is 10.1 Å². The monoisotopic (exact) mass is 284 g/mol. The summed E-state index contributed by atoms with van der Waals surface area (Å²) in [6.07, 6.45) is 0. The SMILES string of the molecule is Cc1cccc([N+](=O)[O-])c1N1CCS(=O)(=O)C(C)C1. The van der Waals surface area contributed by atoms with Crippen LogP contribution in [0, 0.1) is 17.0 Å². The highest BCUT2D eigenvalue weighted by atomic mass is 32.2. The van der Waals surface area contributed by atoms with E-state index in [2.05, 4.69) is 0 Å². The number of benzene rings is 1. The van der Waals surface area contributed by atoms with E-state index in [1.165, 1.54) is 6.07 Å². The van der Waals surface area contributed by atoms with Crippen LogP contribution in [0.3, 0.4) is 0 Å². The lowest BCUT2D eigenvalue weighted by molar-refractivity contribution is -0.384. The summed E-state index contributed by atoms with van der Waals surface area (Å²) >= 11 is 0. The minimum Gasteiger partial charge on any atom is -0.363 e. The fraction of sp³-hybridized carbons (Fsp3) is 0.500. The maximum atomic E-state index is 11.7. The first-order valence-corrected chi connectivity index (χ1v) is 7.75. The van der Waals surface area contributed by atoms with Gasteiger partial charge in [0.25, 0.3) is 5.69 Å². The van der Waals surface area contributed by atoms with Crippen molar-refractivity contribution in [3.8, 4) is 0 Å². The largest absolute Gasteiger partial charge is 0.363 e. The Bertz CT molecular complexity index is 612. The molecule has 1 aromatic carbocycles. The average molecular weight is 284 g/mol. The number of rotatable bonds is 2. The van der Waals surface area contributed by atoms with Gasteiger partial charge in [-0.1, -0.05) is 12.1 Å². The van der Waals surface area contributed by atoms with Crippen LogP contribution in [0.4, 0.5) is 11.4 Å². The molecule has 1 saturated heterocycles. The number of hydrogen-bond acceptors (Lipinski definition) is 5. The van der Waals surface area contributed by atoms with Crippen molar-refractivity contribution in [2.75, 3.05) is 23.7 Å². The van der Waals surface area contributed by atoms with Gasteiger partial charge >= 0.3 is 0 Å². The van der Waals surface area contributed by atoms with Crippen molar-refractivity contribution >= 4 is 21.2 Å². The van der Waals surface area contributed by atoms with Gasteiger partial charge in [-0.25, -0.2) is 8.42 Å². The molecular formula is C12H16N2O4S. The summed E-state index contributed by atoms with van der Waals surface area (Å²) in [4.78, 5) is 12.5. The van der Waals surface area contributed by atoms with E-state index in [1.807, 2.05) is 0 Å². The molecule has 0 spiro atoms. The van der Waals surface area contributed by atoms with Crippen molar-refractivity contribution in [3.05, 3.63) is 33.9 Å². The summed E-state index contributed by atoms with van der Waals surface area (Å²) < 4.78 is 23.4. The minimum atomic E-state index is -3.06. The lowest BCUT2D eigenvalue weighted by Crippen LogP contribution is -2.46. The fourth-order valence-electron chi connectivity index (χ4n) is 2.36. The number of nitro benzene ring substituents is 1. The molecule has 19 heavy (non-hydrogen) atoms. The first-order chi connectivity index (χ1) is 8.83. The van der Waals surface area contributed by atoms with Crippen LogP contribution in [0.5, 0.6) is 0 Å². The van der Waals surface area contributed by atoms with Crippen LogP contribution in [0.1, 0.15) is 12.5 Å². The molecule has 1 aliphatic rings. The van der Waals surface area contributed by atoms with Gasteiger partial charge in [-0.15, -0.1) is 0 Å². The normalized spacial score (nSPS) is 22.2. The molecule has 104 valence electrons. The van der Waals surface area contributed by atoms with Crippen LogP contribution >= 0.6 is 0 Å². The molecule has 1 fully saturated rings. The second-order valence-electron chi connectivity index (χ2n) is 4.82. The number of nitrogens with zero attached hydrogens (tertiary/aromatic N) is 2. The molecule has 1 aliphatic heterocycles. The number of nitro groups is 1.